The van der Waals surface area contributed by atoms with E-state index in [2.05, 4.69) is 15.0 Å². The average molecular weight is 230 g/mol. The van der Waals surface area contributed by atoms with Crippen molar-refractivity contribution in [3.8, 4) is 0 Å². The Morgan fingerprint density at radius 3 is 2.71 bits per heavy atom. The smallest absolute Gasteiger partial charge is 0.290 e. The second-order valence-corrected chi connectivity index (χ2v) is 2.67. The number of hydrogen-bond acceptors (Lipinski definition) is 3. The Morgan fingerprint density at radius 2 is 2.21 bits per heavy atom. The molecule has 0 spiro atoms. The maximum Gasteiger partial charge on any atom is 0.522 e. The fraction of sp³-hybridized carbons (Fsp3) is 0.667. The zero-order chi connectivity index (χ0) is 10.6. The van der Waals surface area contributed by atoms with E-state index in [1.807, 2.05) is 0 Å². The van der Waals surface area contributed by atoms with Crippen LogP contribution >= 0.6 is 11.6 Å². The highest BCUT2D eigenvalue weighted by molar-refractivity contribution is 6.16. The minimum Gasteiger partial charge on any atom is -0.290 e. The predicted octanol–water partition coefficient (Wildman–Crippen LogP) is 1.55. The van der Waals surface area contributed by atoms with Crippen molar-refractivity contribution >= 4 is 11.6 Å². The molecule has 1 aromatic heterocycles. The van der Waals surface area contributed by atoms with Gasteiger partial charge in [-0.15, -0.1) is 29.9 Å². The molecule has 0 saturated carbocycles. The van der Waals surface area contributed by atoms with Crippen molar-refractivity contribution < 1.29 is 17.9 Å². The van der Waals surface area contributed by atoms with Gasteiger partial charge >= 0.3 is 6.36 Å². The molecule has 0 aliphatic carbocycles. The number of aromatic nitrogens is 3. The quantitative estimate of drug-likeness (QED) is 0.736. The Labute approximate surface area is 82.6 Å². The molecule has 0 aromatic carbocycles. The summed E-state index contributed by atoms with van der Waals surface area (Å²) in [4.78, 5) is 0. The van der Waals surface area contributed by atoms with Gasteiger partial charge in [0, 0.05) is 6.20 Å². The summed E-state index contributed by atoms with van der Waals surface area (Å²) < 4.78 is 39.4. The predicted molar refractivity (Wildman–Crippen MR) is 41.6 cm³/mol. The van der Waals surface area contributed by atoms with Gasteiger partial charge in [-0.25, -0.2) is 4.68 Å². The highest BCUT2D eigenvalue weighted by atomic mass is 35.5. The lowest BCUT2D eigenvalue weighted by molar-refractivity contribution is -0.325. The molecule has 0 N–H and O–H groups in total. The molecule has 0 amide bonds. The molecule has 14 heavy (non-hydrogen) atoms. The Morgan fingerprint density at radius 1 is 1.50 bits per heavy atom. The summed E-state index contributed by atoms with van der Waals surface area (Å²) in [5.41, 5.74) is 0.513. The normalized spacial score (nSPS) is 12.0. The first kappa shape index (κ1) is 11.3. The van der Waals surface area contributed by atoms with Gasteiger partial charge in [0.1, 0.15) is 0 Å². The number of halogens is 4. The van der Waals surface area contributed by atoms with Gasteiger partial charge in [0.25, 0.3) is 0 Å². The summed E-state index contributed by atoms with van der Waals surface area (Å²) in [6, 6.07) is 0. The number of alkyl halides is 4. The van der Waals surface area contributed by atoms with E-state index < -0.39 is 13.0 Å². The first-order valence-corrected chi connectivity index (χ1v) is 4.20. The third kappa shape index (κ3) is 3.93. The van der Waals surface area contributed by atoms with E-state index >= 15 is 0 Å². The summed E-state index contributed by atoms with van der Waals surface area (Å²) in [7, 11) is 0. The average Bonchev–Trinajstić information content (AvgIpc) is 2.50. The van der Waals surface area contributed by atoms with Gasteiger partial charge in [-0.3, -0.25) is 4.74 Å². The van der Waals surface area contributed by atoms with E-state index in [4.69, 9.17) is 11.6 Å². The number of nitrogens with zero attached hydrogens (tertiary/aromatic N) is 3. The molecule has 80 valence electrons. The molecule has 0 radical (unpaired) electrons. The maximum atomic E-state index is 11.5. The zero-order valence-electron chi connectivity index (χ0n) is 6.96. The molecule has 0 saturated heterocycles. The Balaban J connectivity index is 2.31. The maximum absolute atomic E-state index is 11.5. The van der Waals surface area contributed by atoms with E-state index in [0.29, 0.717) is 5.69 Å². The molecule has 0 bridgehead atoms. The van der Waals surface area contributed by atoms with Crippen LogP contribution in [0.2, 0.25) is 0 Å². The molecular weight excluding hydrogens is 223 g/mol. The molecule has 0 aliphatic rings. The van der Waals surface area contributed by atoms with Crippen LogP contribution in [-0.2, 0) is 17.2 Å². The first-order valence-electron chi connectivity index (χ1n) is 3.67. The molecule has 0 aliphatic heterocycles. The molecule has 1 rings (SSSR count). The van der Waals surface area contributed by atoms with E-state index in [-0.39, 0.29) is 12.4 Å². The standard InChI is InChI=1S/C6H7ClF3N3O/c7-3-5-4-13(12-11-5)1-2-14-6(8,9)10/h4H,1-3H2. The van der Waals surface area contributed by atoms with Crippen molar-refractivity contribution in [3.05, 3.63) is 11.9 Å². The molecule has 1 heterocycles. The van der Waals surface area contributed by atoms with Crippen LogP contribution in [0.25, 0.3) is 0 Å². The molecule has 8 heteroatoms. The Kier molecular flexibility index (Phi) is 3.70. The summed E-state index contributed by atoms with van der Waals surface area (Å²) in [6.45, 7) is -0.502. The summed E-state index contributed by atoms with van der Waals surface area (Å²) in [6.07, 6.45) is -3.14. The van der Waals surface area contributed by atoms with Crippen LogP contribution in [0.3, 0.4) is 0 Å². The number of ether oxygens (including phenoxy) is 1. The molecule has 0 fully saturated rings. The lowest BCUT2D eigenvalue weighted by atomic mass is 10.5. The fourth-order valence-corrected chi connectivity index (χ4v) is 0.886. The van der Waals surface area contributed by atoms with E-state index in [0.717, 1.165) is 0 Å². The van der Waals surface area contributed by atoms with Gasteiger partial charge in [-0.2, -0.15) is 0 Å². The van der Waals surface area contributed by atoms with Crippen molar-refractivity contribution in [1.82, 2.24) is 15.0 Å². The highest BCUT2D eigenvalue weighted by Gasteiger charge is 2.28. The van der Waals surface area contributed by atoms with Gasteiger partial charge in [-0.05, 0) is 0 Å². The lowest BCUT2D eigenvalue weighted by Crippen LogP contribution is -2.17. The monoisotopic (exact) mass is 229 g/mol. The summed E-state index contributed by atoms with van der Waals surface area (Å²) in [5, 5.41) is 7.14. The molecule has 0 atom stereocenters. The lowest BCUT2D eigenvalue weighted by Gasteiger charge is -2.06. The molecule has 4 nitrogen and oxygen atoms in total. The molecule has 0 unspecified atom stereocenters. The van der Waals surface area contributed by atoms with Gasteiger partial charge < -0.3 is 0 Å². The van der Waals surface area contributed by atoms with Crippen LogP contribution in [-0.4, -0.2) is 28.0 Å². The second kappa shape index (κ2) is 4.61. The topological polar surface area (TPSA) is 39.9 Å². The van der Waals surface area contributed by atoms with E-state index in [9.17, 15) is 13.2 Å². The van der Waals surface area contributed by atoms with Crippen molar-refractivity contribution in [2.75, 3.05) is 6.61 Å². The summed E-state index contributed by atoms with van der Waals surface area (Å²) in [5.74, 6) is 0.181. The Hall–Kier alpha value is -0.820. The first-order chi connectivity index (χ1) is 6.51. The van der Waals surface area contributed by atoms with Crippen molar-refractivity contribution in [1.29, 1.82) is 0 Å². The van der Waals surface area contributed by atoms with Crippen LogP contribution in [0.5, 0.6) is 0 Å². The zero-order valence-corrected chi connectivity index (χ0v) is 7.72. The van der Waals surface area contributed by atoms with E-state index in [1.54, 1.807) is 0 Å². The van der Waals surface area contributed by atoms with Gasteiger partial charge in [0.15, 0.2) is 0 Å². The fourth-order valence-electron chi connectivity index (χ4n) is 0.764. The molecular formula is C6H7ClF3N3O. The minimum absolute atomic E-state index is 0.0105. The van der Waals surface area contributed by atoms with E-state index in [1.165, 1.54) is 10.9 Å². The highest BCUT2D eigenvalue weighted by Crippen LogP contribution is 2.15. The third-order valence-corrected chi connectivity index (χ3v) is 1.58. The SMILES string of the molecule is FC(F)(F)OCCn1cc(CCl)nn1. The molecule has 1 aromatic rings. The van der Waals surface area contributed by atoms with Crippen molar-refractivity contribution in [2.45, 2.75) is 18.8 Å². The van der Waals surface area contributed by atoms with Crippen molar-refractivity contribution in [3.63, 3.8) is 0 Å². The van der Waals surface area contributed by atoms with Crippen LogP contribution in [0.1, 0.15) is 5.69 Å². The summed E-state index contributed by atoms with van der Waals surface area (Å²) >= 11 is 5.42. The van der Waals surface area contributed by atoms with Crippen molar-refractivity contribution in [2.24, 2.45) is 0 Å². The Bertz CT molecular complexity index is 288. The van der Waals surface area contributed by atoms with Crippen LogP contribution in [0.4, 0.5) is 13.2 Å². The second-order valence-electron chi connectivity index (χ2n) is 2.40. The van der Waals surface area contributed by atoms with Crippen LogP contribution in [0, 0.1) is 0 Å². The van der Waals surface area contributed by atoms with Gasteiger partial charge in [-0.1, -0.05) is 5.21 Å². The number of hydrogen-bond donors (Lipinski definition) is 0. The minimum atomic E-state index is -4.60. The largest absolute Gasteiger partial charge is 0.522 e. The van der Waals surface area contributed by atoms with Crippen LogP contribution in [0.15, 0.2) is 6.20 Å². The third-order valence-electron chi connectivity index (χ3n) is 1.31. The number of rotatable bonds is 4. The van der Waals surface area contributed by atoms with Crippen LogP contribution < -0.4 is 0 Å². The van der Waals surface area contributed by atoms with Gasteiger partial charge in [0.2, 0.25) is 0 Å². The van der Waals surface area contributed by atoms with Gasteiger partial charge in [0.05, 0.1) is 24.7 Å².